The van der Waals surface area contributed by atoms with E-state index in [9.17, 15) is 9.59 Å². The largest absolute Gasteiger partial charge is 0.463 e. The molecule has 21 heavy (non-hydrogen) atoms. The van der Waals surface area contributed by atoms with Gasteiger partial charge in [0.05, 0.1) is 40.1 Å². The monoisotopic (exact) mass is 345 g/mol. The van der Waals surface area contributed by atoms with Crippen LogP contribution in [0.2, 0.25) is 10.0 Å². The van der Waals surface area contributed by atoms with Crippen molar-refractivity contribution in [3.63, 3.8) is 0 Å². The molecule has 112 valence electrons. The van der Waals surface area contributed by atoms with Gasteiger partial charge < -0.3 is 9.64 Å². The third-order valence-corrected chi connectivity index (χ3v) is 4.53. The van der Waals surface area contributed by atoms with Gasteiger partial charge in [0.25, 0.3) is 0 Å². The highest BCUT2D eigenvalue weighted by atomic mass is 35.5. The first-order chi connectivity index (χ1) is 10.0. The average Bonchev–Trinajstić information content (AvgIpc) is 2.76. The van der Waals surface area contributed by atoms with Crippen LogP contribution in [0.3, 0.4) is 0 Å². The molecule has 0 radical (unpaired) electrons. The molecule has 0 saturated carbocycles. The van der Waals surface area contributed by atoms with Crippen molar-refractivity contribution >= 4 is 46.8 Å². The second-order valence-electron chi connectivity index (χ2n) is 4.25. The van der Waals surface area contributed by atoms with E-state index in [0.717, 1.165) is 5.56 Å². The van der Waals surface area contributed by atoms with Crippen molar-refractivity contribution in [3.05, 3.63) is 44.9 Å². The van der Waals surface area contributed by atoms with E-state index in [-0.39, 0.29) is 5.91 Å². The molecule has 4 nitrogen and oxygen atoms in total. The molecular weight excluding hydrogens is 333 g/mol. The Bertz CT molecular complexity index is 604. The second kappa shape index (κ2) is 7.20. The normalized spacial score (nSPS) is 16.6. The number of carbonyl (C=O) groups is 2. The summed E-state index contributed by atoms with van der Waals surface area (Å²) in [6, 6.07) is 5.19. The van der Waals surface area contributed by atoms with Crippen LogP contribution < -0.4 is 0 Å². The predicted molar refractivity (Wildman–Crippen MR) is 84.2 cm³/mol. The SMILES string of the molecule is CCOC(=O)/C=C1\SCC(=O)N1Cc1ccc(Cl)c(Cl)c1. The summed E-state index contributed by atoms with van der Waals surface area (Å²) in [5, 5.41) is 1.48. The Morgan fingerprint density at radius 3 is 2.86 bits per heavy atom. The average molecular weight is 346 g/mol. The van der Waals surface area contributed by atoms with Gasteiger partial charge in [0.1, 0.15) is 0 Å². The van der Waals surface area contributed by atoms with E-state index < -0.39 is 5.97 Å². The Morgan fingerprint density at radius 1 is 1.43 bits per heavy atom. The molecule has 0 aliphatic carbocycles. The first-order valence-corrected chi connectivity index (χ1v) is 8.01. The van der Waals surface area contributed by atoms with E-state index in [1.165, 1.54) is 17.8 Å². The number of nitrogens with zero attached hydrogens (tertiary/aromatic N) is 1. The predicted octanol–water partition coefficient (Wildman–Crippen LogP) is 3.47. The Balaban J connectivity index is 2.17. The van der Waals surface area contributed by atoms with Gasteiger partial charge in [0.2, 0.25) is 5.91 Å². The Kier molecular flexibility index (Phi) is 5.56. The topological polar surface area (TPSA) is 46.6 Å². The second-order valence-corrected chi connectivity index (χ2v) is 6.06. The number of thioether (sulfide) groups is 1. The lowest BCUT2D eigenvalue weighted by Gasteiger charge is -2.17. The molecule has 0 unspecified atom stereocenters. The molecule has 1 saturated heterocycles. The summed E-state index contributed by atoms with van der Waals surface area (Å²) in [6.45, 7) is 2.37. The van der Waals surface area contributed by atoms with Gasteiger partial charge in [-0.05, 0) is 24.6 Å². The Morgan fingerprint density at radius 2 is 2.19 bits per heavy atom. The van der Waals surface area contributed by atoms with Crippen LogP contribution in [-0.2, 0) is 20.9 Å². The van der Waals surface area contributed by atoms with Crippen LogP contribution in [0.4, 0.5) is 0 Å². The number of hydrogen-bond acceptors (Lipinski definition) is 4. The van der Waals surface area contributed by atoms with Crippen molar-refractivity contribution in [2.45, 2.75) is 13.5 Å². The highest BCUT2D eigenvalue weighted by molar-refractivity contribution is 8.04. The highest BCUT2D eigenvalue weighted by Crippen LogP contribution is 2.31. The smallest absolute Gasteiger partial charge is 0.333 e. The summed E-state index contributed by atoms with van der Waals surface area (Å²) in [4.78, 5) is 25.0. The number of rotatable bonds is 4. The lowest BCUT2D eigenvalue weighted by atomic mass is 10.2. The van der Waals surface area contributed by atoms with Crippen molar-refractivity contribution in [1.82, 2.24) is 4.90 Å². The number of esters is 1. The van der Waals surface area contributed by atoms with Gasteiger partial charge in [-0.15, -0.1) is 0 Å². The zero-order valence-electron chi connectivity index (χ0n) is 11.3. The summed E-state index contributed by atoms with van der Waals surface area (Å²) in [6.07, 6.45) is 1.34. The van der Waals surface area contributed by atoms with Crippen LogP contribution in [0.25, 0.3) is 0 Å². The number of benzene rings is 1. The van der Waals surface area contributed by atoms with E-state index in [4.69, 9.17) is 27.9 Å². The molecule has 0 bridgehead atoms. The molecule has 1 amide bonds. The fourth-order valence-electron chi connectivity index (χ4n) is 1.81. The minimum Gasteiger partial charge on any atom is -0.463 e. The minimum atomic E-state index is -0.450. The van der Waals surface area contributed by atoms with Crippen molar-refractivity contribution < 1.29 is 14.3 Å². The number of ether oxygens (including phenoxy) is 1. The van der Waals surface area contributed by atoms with E-state index in [1.54, 1.807) is 30.0 Å². The van der Waals surface area contributed by atoms with E-state index in [0.29, 0.717) is 34.0 Å². The minimum absolute atomic E-state index is 0.0541. The van der Waals surface area contributed by atoms with Gasteiger partial charge in [-0.2, -0.15) is 0 Å². The number of halogens is 2. The van der Waals surface area contributed by atoms with Crippen molar-refractivity contribution in [3.8, 4) is 0 Å². The highest BCUT2D eigenvalue weighted by Gasteiger charge is 2.27. The van der Waals surface area contributed by atoms with Gasteiger partial charge in [-0.25, -0.2) is 4.79 Å². The molecule has 1 aliphatic rings. The first-order valence-electron chi connectivity index (χ1n) is 6.26. The molecule has 1 aliphatic heterocycles. The van der Waals surface area contributed by atoms with Gasteiger partial charge in [-0.1, -0.05) is 41.0 Å². The quantitative estimate of drug-likeness (QED) is 0.619. The summed E-state index contributed by atoms with van der Waals surface area (Å²) < 4.78 is 4.87. The zero-order chi connectivity index (χ0) is 15.4. The van der Waals surface area contributed by atoms with Crippen molar-refractivity contribution in [2.75, 3.05) is 12.4 Å². The molecule has 7 heteroatoms. The lowest BCUT2D eigenvalue weighted by molar-refractivity contribution is -0.137. The molecule has 2 rings (SSSR count). The molecule has 1 fully saturated rings. The molecule has 0 atom stereocenters. The zero-order valence-corrected chi connectivity index (χ0v) is 13.6. The fraction of sp³-hybridized carbons (Fsp3) is 0.286. The summed E-state index contributed by atoms with van der Waals surface area (Å²) in [5.41, 5.74) is 0.843. The number of amides is 1. The third kappa shape index (κ3) is 4.15. The molecule has 1 heterocycles. The van der Waals surface area contributed by atoms with Crippen LogP contribution in [0.1, 0.15) is 12.5 Å². The van der Waals surface area contributed by atoms with E-state index in [2.05, 4.69) is 0 Å². The van der Waals surface area contributed by atoms with Gasteiger partial charge in [0, 0.05) is 0 Å². The maximum atomic E-state index is 11.9. The van der Waals surface area contributed by atoms with Gasteiger partial charge in [-0.3, -0.25) is 4.79 Å². The van der Waals surface area contributed by atoms with Crippen molar-refractivity contribution in [1.29, 1.82) is 0 Å². The van der Waals surface area contributed by atoms with E-state index >= 15 is 0 Å². The van der Waals surface area contributed by atoms with E-state index in [1.807, 2.05) is 0 Å². The van der Waals surface area contributed by atoms with Crippen molar-refractivity contribution in [2.24, 2.45) is 0 Å². The summed E-state index contributed by atoms with van der Waals surface area (Å²) >= 11 is 13.2. The number of carbonyl (C=O) groups excluding carboxylic acids is 2. The van der Waals surface area contributed by atoms with Gasteiger partial charge >= 0.3 is 5.97 Å². The summed E-state index contributed by atoms with van der Waals surface area (Å²) in [7, 11) is 0. The van der Waals surface area contributed by atoms with Crippen LogP contribution >= 0.6 is 35.0 Å². The Hall–Kier alpha value is -1.17. The molecule has 0 aromatic heterocycles. The fourth-order valence-corrected chi connectivity index (χ4v) is 3.06. The maximum Gasteiger partial charge on any atom is 0.333 e. The van der Waals surface area contributed by atoms with Crippen LogP contribution in [0, 0.1) is 0 Å². The standard InChI is InChI=1S/C14H13Cl2NO3S/c1-2-20-14(19)6-13-17(12(18)8-21-13)7-9-3-4-10(15)11(16)5-9/h3-6H,2,7-8H2,1H3/b13-6-. The summed E-state index contributed by atoms with van der Waals surface area (Å²) in [5.74, 6) is -0.192. The molecule has 0 spiro atoms. The third-order valence-electron chi connectivity index (χ3n) is 2.76. The Labute approximate surface area is 137 Å². The molecule has 1 aromatic carbocycles. The van der Waals surface area contributed by atoms with Crippen LogP contribution in [-0.4, -0.2) is 29.1 Å². The molecule has 0 N–H and O–H groups in total. The first kappa shape index (κ1) is 16.2. The molecule has 1 aromatic rings. The maximum absolute atomic E-state index is 11.9. The molecular formula is C14H13Cl2NO3S. The number of hydrogen-bond donors (Lipinski definition) is 0. The van der Waals surface area contributed by atoms with Crippen LogP contribution in [0.15, 0.2) is 29.3 Å². The van der Waals surface area contributed by atoms with Crippen LogP contribution in [0.5, 0.6) is 0 Å². The van der Waals surface area contributed by atoms with Gasteiger partial charge in [0.15, 0.2) is 0 Å². The lowest BCUT2D eigenvalue weighted by Crippen LogP contribution is -2.24.